The van der Waals surface area contributed by atoms with Crippen LogP contribution in [0.3, 0.4) is 0 Å². The maximum Gasteiger partial charge on any atom is 0.303 e. The summed E-state index contributed by atoms with van der Waals surface area (Å²) >= 11 is 1.73. The van der Waals surface area contributed by atoms with Crippen LogP contribution in [-0.2, 0) is 9.59 Å². The van der Waals surface area contributed by atoms with Crippen LogP contribution in [0.4, 0.5) is 0 Å². The summed E-state index contributed by atoms with van der Waals surface area (Å²) in [5, 5.41) is 12.0. The molecule has 2 rings (SSSR count). The summed E-state index contributed by atoms with van der Waals surface area (Å²) in [5.74, 6) is 1.15. The third-order valence-corrected chi connectivity index (χ3v) is 5.64. The minimum Gasteiger partial charge on any atom is -0.481 e. The quantitative estimate of drug-likeness (QED) is 0.676. The molecule has 0 aromatic heterocycles. The second-order valence-electron chi connectivity index (χ2n) is 6.28. The molecule has 0 radical (unpaired) electrons. The molecule has 2 N–H and O–H groups in total. The Morgan fingerprint density at radius 1 is 1.20 bits per heavy atom. The average Bonchev–Trinajstić information content (AvgIpc) is 3.15. The summed E-state index contributed by atoms with van der Waals surface area (Å²) in [6.45, 7) is 0. The third kappa shape index (κ3) is 5.35. The molecule has 4 nitrogen and oxygen atoms in total. The fourth-order valence-electron chi connectivity index (χ4n) is 2.87. The Balaban J connectivity index is 1.54. The Bertz CT molecular complexity index is 349. The van der Waals surface area contributed by atoms with Crippen LogP contribution in [0.1, 0.15) is 57.8 Å². The van der Waals surface area contributed by atoms with Gasteiger partial charge in [0.25, 0.3) is 0 Å². The molecule has 0 aliphatic heterocycles. The number of carboxylic acid groups (broad SMARTS) is 1. The van der Waals surface area contributed by atoms with Crippen LogP contribution < -0.4 is 5.32 Å². The van der Waals surface area contributed by atoms with Crippen LogP contribution in [0.25, 0.3) is 0 Å². The van der Waals surface area contributed by atoms with Gasteiger partial charge in [-0.05, 0) is 36.9 Å². The molecule has 2 aliphatic carbocycles. The largest absolute Gasteiger partial charge is 0.481 e. The van der Waals surface area contributed by atoms with E-state index >= 15 is 0 Å². The fraction of sp³-hybridized carbons (Fsp3) is 0.867. The first-order valence-electron chi connectivity index (χ1n) is 7.69. The molecule has 0 spiro atoms. The SMILES string of the molecule is O=C(O)CC1(CSCCC(=O)NC2CCCCC2)CC1. The van der Waals surface area contributed by atoms with Gasteiger partial charge in [-0.15, -0.1) is 0 Å². The zero-order chi connectivity index (χ0) is 14.4. The summed E-state index contributed by atoms with van der Waals surface area (Å²) in [5.41, 5.74) is 0.0380. The lowest BCUT2D eigenvalue weighted by atomic mass is 9.95. The predicted octanol–water partition coefficient (Wildman–Crippen LogP) is 2.81. The number of carbonyl (C=O) groups excluding carboxylic acids is 1. The van der Waals surface area contributed by atoms with Gasteiger partial charge in [-0.1, -0.05) is 19.3 Å². The number of rotatable bonds is 8. The van der Waals surface area contributed by atoms with Crippen molar-refractivity contribution in [1.29, 1.82) is 0 Å². The van der Waals surface area contributed by atoms with Crippen molar-refractivity contribution in [2.75, 3.05) is 11.5 Å². The molecule has 2 fully saturated rings. The number of carbonyl (C=O) groups is 2. The van der Waals surface area contributed by atoms with E-state index in [1.54, 1.807) is 11.8 Å². The van der Waals surface area contributed by atoms with E-state index in [4.69, 9.17) is 5.11 Å². The molecule has 114 valence electrons. The number of thioether (sulfide) groups is 1. The van der Waals surface area contributed by atoms with Crippen LogP contribution in [0.2, 0.25) is 0 Å². The van der Waals surface area contributed by atoms with Crippen LogP contribution in [-0.4, -0.2) is 34.5 Å². The Morgan fingerprint density at radius 3 is 2.50 bits per heavy atom. The molecule has 0 bridgehead atoms. The van der Waals surface area contributed by atoms with Gasteiger partial charge in [0.15, 0.2) is 0 Å². The first kappa shape index (κ1) is 15.7. The summed E-state index contributed by atoms with van der Waals surface area (Å²) in [6.07, 6.45) is 8.92. The Hall–Kier alpha value is -0.710. The lowest BCUT2D eigenvalue weighted by Gasteiger charge is -2.22. The van der Waals surface area contributed by atoms with Gasteiger partial charge < -0.3 is 10.4 Å². The van der Waals surface area contributed by atoms with E-state index in [-0.39, 0.29) is 17.7 Å². The van der Waals surface area contributed by atoms with E-state index < -0.39 is 5.97 Å². The molecular formula is C15H25NO3S. The van der Waals surface area contributed by atoms with Crippen molar-refractivity contribution >= 4 is 23.6 Å². The molecule has 0 heterocycles. The van der Waals surface area contributed by atoms with Gasteiger partial charge in [-0.2, -0.15) is 11.8 Å². The van der Waals surface area contributed by atoms with Gasteiger partial charge in [-0.3, -0.25) is 9.59 Å². The molecule has 0 atom stereocenters. The van der Waals surface area contributed by atoms with E-state index in [0.29, 0.717) is 12.5 Å². The third-order valence-electron chi connectivity index (χ3n) is 4.34. The zero-order valence-corrected chi connectivity index (χ0v) is 12.8. The maximum atomic E-state index is 11.8. The van der Waals surface area contributed by atoms with Gasteiger partial charge in [0.2, 0.25) is 5.91 Å². The average molecular weight is 299 g/mol. The van der Waals surface area contributed by atoms with Crippen LogP contribution in [0.15, 0.2) is 0 Å². The molecule has 0 saturated heterocycles. The van der Waals surface area contributed by atoms with E-state index in [1.807, 2.05) is 0 Å². The van der Waals surface area contributed by atoms with Gasteiger partial charge >= 0.3 is 5.97 Å². The van der Waals surface area contributed by atoms with Crippen molar-refractivity contribution in [1.82, 2.24) is 5.32 Å². The lowest BCUT2D eigenvalue weighted by Crippen LogP contribution is -2.36. The summed E-state index contributed by atoms with van der Waals surface area (Å²) < 4.78 is 0. The normalized spacial score (nSPS) is 21.4. The van der Waals surface area contributed by atoms with E-state index in [1.165, 1.54) is 19.3 Å². The van der Waals surface area contributed by atoms with Crippen LogP contribution >= 0.6 is 11.8 Å². The smallest absolute Gasteiger partial charge is 0.303 e. The number of hydrogen-bond donors (Lipinski definition) is 2. The standard InChI is InChI=1S/C15H25NO3S/c17-13(16-12-4-2-1-3-5-12)6-9-20-11-15(7-8-15)10-14(18)19/h12H,1-11H2,(H,16,17)(H,18,19). The highest BCUT2D eigenvalue weighted by Crippen LogP contribution is 2.51. The molecule has 0 aromatic rings. The van der Waals surface area contributed by atoms with Crippen LogP contribution in [0.5, 0.6) is 0 Å². The monoisotopic (exact) mass is 299 g/mol. The van der Waals surface area contributed by atoms with Gasteiger partial charge in [0.05, 0.1) is 6.42 Å². The molecular weight excluding hydrogens is 274 g/mol. The Morgan fingerprint density at radius 2 is 1.90 bits per heavy atom. The number of aliphatic carboxylic acids is 1. The van der Waals surface area contributed by atoms with Crippen molar-refractivity contribution < 1.29 is 14.7 Å². The minimum absolute atomic E-state index is 0.0380. The number of nitrogens with one attached hydrogen (secondary N) is 1. The van der Waals surface area contributed by atoms with E-state index in [9.17, 15) is 9.59 Å². The molecule has 2 aliphatic rings. The molecule has 2 saturated carbocycles. The maximum absolute atomic E-state index is 11.8. The second kappa shape index (κ2) is 7.34. The number of amides is 1. The fourth-order valence-corrected chi connectivity index (χ4v) is 4.17. The second-order valence-corrected chi connectivity index (χ2v) is 7.38. The van der Waals surface area contributed by atoms with Crippen molar-refractivity contribution in [3.05, 3.63) is 0 Å². The Labute approximate surface area is 125 Å². The zero-order valence-electron chi connectivity index (χ0n) is 12.0. The van der Waals surface area contributed by atoms with Gasteiger partial charge in [0, 0.05) is 18.2 Å². The molecule has 0 aromatic carbocycles. The summed E-state index contributed by atoms with van der Waals surface area (Å²) in [6, 6.07) is 0.392. The van der Waals surface area contributed by atoms with E-state index in [0.717, 1.165) is 37.2 Å². The van der Waals surface area contributed by atoms with Crippen LogP contribution in [0, 0.1) is 5.41 Å². The number of hydrogen-bond acceptors (Lipinski definition) is 3. The van der Waals surface area contributed by atoms with Gasteiger partial charge in [0.1, 0.15) is 0 Å². The number of carboxylic acids is 1. The molecule has 20 heavy (non-hydrogen) atoms. The molecule has 0 unspecified atom stereocenters. The van der Waals surface area contributed by atoms with Crippen molar-refractivity contribution in [3.8, 4) is 0 Å². The highest BCUT2D eigenvalue weighted by molar-refractivity contribution is 7.99. The summed E-state index contributed by atoms with van der Waals surface area (Å²) in [7, 11) is 0. The topological polar surface area (TPSA) is 66.4 Å². The lowest BCUT2D eigenvalue weighted by molar-refractivity contribution is -0.138. The molecule has 1 amide bonds. The molecule has 5 heteroatoms. The highest BCUT2D eigenvalue weighted by Gasteiger charge is 2.43. The highest BCUT2D eigenvalue weighted by atomic mass is 32.2. The van der Waals surface area contributed by atoms with Crippen molar-refractivity contribution in [2.24, 2.45) is 5.41 Å². The first-order valence-corrected chi connectivity index (χ1v) is 8.84. The Kier molecular flexibility index (Phi) is 5.75. The van der Waals surface area contributed by atoms with Gasteiger partial charge in [-0.25, -0.2) is 0 Å². The van der Waals surface area contributed by atoms with Crippen molar-refractivity contribution in [2.45, 2.75) is 63.8 Å². The first-order chi connectivity index (χ1) is 9.60. The minimum atomic E-state index is -0.696. The summed E-state index contributed by atoms with van der Waals surface area (Å²) in [4.78, 5) is 22.6. The van der Waals surface area contributed by atoms with E-state index in [2.05, 4.69) is 5.32 Å². The van der Waals surface area contributed by atoms with Crippen molar-refractivity contribution in [3.63, 3.8) is 0 Å². The predicted molar refractivity (Wildman–Crippen MR) is 80.9 cm³/mol.